The van der Waals surface area contributed by atoms with Crippen LogP contribution in [-0.2, 0) is 0 Å². The van der Waals surface area contributed by atoms with Crippen molar-refractivity contribution in [2.75, 3.05) is 25.5 Å². The lowest BCUT2D eigenvalue weighted by Gasteiger charge is -2.18. The van der Waals surface area contributed by atoms with Gasteiger partial charge in [0.1, 0.15) is 11.6 Å². The zero-order valence-corrected chi connectivity index (χ0v) is 11.9. The Morgan fingerprint density at radius 2 is 2.25 bits per heavy atom. The van der Waals surface area contributed by atoms with Crippen LogP contribution in [0, 0.1) is 0 Å². The number of hydrogen-bond acceptors (Lipinski definition) is 4. The van der Waals surface area contributed by atoms with Crippen LogP contribution in [0.15, 0.2) is 30.5 Å². The van der Waals surface area contributed by atoms with Crippen molar-refractivity contribution in [1.82, 2.24) is 10.3 Å². The van der Waals surface area contributed by atoms with Crippen molar-refractivity contribution in [3.8, 4) is 5.75 Å². The Kier molecular flexibility index (Phi) is 4.02. The van der Waals surface area contributed by atoms with Crippen LogP contribution in [0.25, 0.3) is 10.8 Å². The van der Waals surface area contributed by atoms with Crippen molar-refractivity contribution < 1.29 is 4.74 Å². The van der Waals surface area contributed by atoms with Gasteiger partial charge in [0.15, 0.2) is 0 Å². The van der Waals surface area contributed by atoms with Gasteiger partial charge in [-0.05, 0) is 43.0 Å². The van der Waals surface area contributed by atoms with Gasteiger partial charge in [-0.25, -0.2) is 4.98 Å². The number of methoxy groups -OCH3 is 1. The lowest BCUT2D eigenvalue weighted by atomic mass is 10.1. The van der Waals surface area contributed by atoms with Crippen molar-refractivity contribution in [3.63, 3.8) is 0 Å². The van der Waals surface area contributed by atoms with Crippen molar-refractivity contribution >= 4 is 16.6 Å². The Balaban J connectivity index is 1.89. The summed E-state index contributed by atoms with van der Waals surface area (Å²) >= 11 is 0. The summed E-state index contributed by atoms with van der Waals surface area (Å²) in [5.74, 6) is 1.82. The molecular formula is C16H21N3O. The molecule has 1 aromatic heterocycles. The van der Waals surface area contributed by atoms with Gasteiger partial charge in [-0.15, -0.1) is 0 Å². The zero-order chi connectivity index (χ0) is 13.8. The fraction of sp³-hybridized carbons (Fsp3) is 0.438. The minimum atomic E-state index is 0.446. The number of benzene rings is 1. The molecule has 0 bridgehead atoms. The molecule has 2 N–H and O–H groups in total. The van der Waals surface area contributed by atoms with Gasteiger partial charge in [-0.1, -0.05) is 12.5 Å². The number of rotatable bonds is 3. The van der Waals surface area contributed by atoms with Gasteiger partial charge in [0.2, 0.25) is 0 Å². The van der Waals surface area contributed by atoms with Crippen LogP contribution in [0.4, 0.5) is 5.82 Å². The Morgan fingerprint density at radius 1 is 1.30 bits per heavy atom. The maximum atomic E-state index is 5.32. The second kappa shape index (κ2) is 6.09. The van der Waals surface area contributed by atoms with Crippen LogP contribution >= 0.6 is 0 Å². The van der Waals surface area contributed by atoms with E-state index in [2.05, 4.69) is 27.8 Å². The lowest BCUT2D eigenvalue weighted by Crippen LogP contribution is -2.31. The molecule has 4 nitrogen and oxygen atoms in total. The monoisotopic (exact) mass is 271 g/mol. The number of aromatic nitrogens is 1. The molecule has 2 heterocycles. The SMILES string of the molecule is COc1ccc2ccnc(NC3CCCCNC3)c2c1. The Morgan fingerprint density at radius 3 is 3.15 bits per heavy atom. The van der Waals surface area contributed by atoms with E-state index in [1.54, 1.807) is 7.11 Å². The highest BCUT2D eigenvalue weighted by atomic mass is 16.5. The van der Waals surface area contributed by atoms with Crippen LogP contribution in [0.3, 0.4) is 0 Å². The number of hydrogen-bond donors (Lipinski definition) is 2. The molecule has 0 spiro atoms. The van der Waals surface area contributed by atoms with E-state index in [4.69, 9.17) is 4.74 Å². The molecule has 1 saturated heterocycles. The summed E-state index contributed by atoms with van der Waals surface area (Å²) in [6, 6.07) is 8.59. The second-order valence-corrected chi connectivity index (χ2v) is 5.29. The lowest BCUT2D eigenvalue weighted by molar-refractivity contribution is 0.415. The van der Waals surface area contributed by atoms with E-state index in [9.17, 15) is 0 Å². The van der Waals surface area contributed by atoms with Crippen LogP contribution in [0.2, 0.25) is 0 Å². The molecule has 3 rings (SSSR count). The van der Waals surface area contributed by atoms with E-state index in [-0.39, 0.29) is 0 Å². The third kappa shape index (κ3) is 2.85. The number of fused-ring (bicyclic) bond motifs is 1. The standard InChI is InChI=1S/C16H21N3O/c1-20-14-6-5-12-7-9-18-16(15(12)10-14)19-13-4-2-3-8-17-11-13/h5-7,9-10,13,17H,2-4,8,11H2,1H3,(H,18,19). The summed E-state index contributed by atoms with van der Waals surface area (Å²) in [6.45, 7) is 2.12. The van der Waals surface area contributed by atoms with E-state index in [1.165, 1.54) is 24.6 Å². The molecular weight excluding hydrogens is 250 g/mol. The van der Waals surface area contributed by atoms with E-state index in [1.807, 2.05) is 18.3 Å². The van der Waals surface area contributed by atoms with Crippen molar-refractivity contribution in [2.24, 2.45) is 0 Å². The minimum Gasteiger partial charge on any atom is -0.497 e. The van der Waals surface area contributed by atoms with Crippen molar-refractivity contribution in [3.05, 3.63) is 30.5 Å². The van der Waals surface area contributed by atoms with E-state index in [0.29, 0.717) is 6.04 Å². The molecule has 1 aromatic carbocycles. The summed E-state index contributed by atoms with van der Waals surface area (Å²) in [5, 5.41) is 9.37. The molecule has 0 radical (unpaired) electrons. The number of nitrogens with zero attached hydrogens (tertiary/aromatic N) is 1. The van der Waals surface area contributed by atoms with Gasteiger partial charge in [-0.3, -0.25) is 0 Å². The van der Waals surface area contributed by atoms with Crippen molar-refractivity contribution in [1.29, 1.82) is 0 Å². The molecule has 1 atom stereocenters. The van der Waals surface area contributed by atoms with Gasteiger partial charge >= 0.3 is 0 Å². The third-order valence-corrected chi connectivity index (χ3v) is 3.86. The molecule has 1 aliphatic rings. The van der Waals surface area contributed by atoms with Crippen LogP contribution in [-0.4, -0.2) is 31.2 Å². The van der Waals surface area contributed by atoms with Crippen LogP contribution < -0.4 is 15.4 Å². The number of pyridine rings is 1. The number of anilines is 1. The highest BCUT2D eigenvalue weighted by Crippen LogP contribution is 2.26. The maximum Gasteiger partial charge on any atom is 0.134 e. The number of ether oxygens (including phenoxy) is 1. The fourth-order valence-corrected chi connectivity index (χ4v) is 2.73. The first-order chi connectivity index (χ1) is 9.86. The highest BCUT2D eigenvalue weighted by molar-refractivity contribution is 5.92. The maximum absolute atomic E-state index is 5.32. The molecule has 0 amide bonds. The summed E-state index contributed by atoms with van der Waals surface area (Å²) in [7, 11) is 1.69. The summed E-state index contributed by atoms with van der Waals surface area (Å²) in [5.41, 5.74) is 0. The molecule has 106 valence electrons. The smallest absolute Gasteiger partial charge is 0.134 e. The molecule has 0 aliphatic carbocycles. The molecule has 20 heavy (non-hydrogen) atoms. The molecule has 1 aliphatic heterocycles. The first-order valence-corrected chi connectivity index (χ1v) is 7.27. The van der Waals surface area contributed by atoms with E-state index < -0.39 is 0 Å². The summed E-state index contributed by atoms with van der Waals surface area (Å²) in [4.78, 5) is 4.51. The van der Waals surface area contributed by atoms with Gasteiger partial charge in [0.25, 0.3) is 0 Å². The van der Waals surface area contributed by atoms with Gasteiger partial charge in [0.05, 0.1) is 7.11 Å². The van der Waals surface area contributed by atoms with E-state index in [0.717, 1.165) is 30.0 Å². The molecule has 2 aromatic rings. The predicted molar refractivity (Wildman–Crippen MR) is 82.4 cm³/mol. The summed E-state index contributed by atoms with van der Waals surface area (Å²) in [6.07, 6.45) is 5.57. The average molecular weight is 271 g/mol. The minimum absolute atomic E-state index is 0.446. The van der Waals surface area contributed by atoms with Crippen LogP contribution in [0.1, 0.15) is 19.3 Å². The Bertz CT molecular complexity index is 577. The molecule has 1 unspecified atom stereocenters. The first-order valence-electron chi connectivity index (χ1n) is 7.27. The van der Waals surface area contributed by atoms with Gasteiger partial charge < -0.3 is 15.4 Å². The second-order valence-electron chi connectivity index (χ2n) is 5.29. The highest BCUT2D eigenvalue weighted by Gasteiger charge is 2.13. The van der Waals surface area contributed by atoms with E-state index >= 15 is 0 Å². The fourth-order valence-electron chi connectivity index (χ4n) is 2.73. The molecule has 1 fully saturated rings. The largest absolute Gasteiger partial charge is 0.497 e. The zero-order valence-electron chi connectivity index (χ0n) is 11.9. The molecule has 0 saturated carbocycles. The van der Waals surface area contributed by atoms with Crippen molar-refractivity contribution in [2.45, 2.75) is 25.3 Å². The predicted octanol–water partition coefficient (Wildman–Crippen LogP) is 2.80. The van der Waals surface area contributed by atoms with Crippen LogP contribution in [0.5, 0.6) is 5.75 Å². The topological polar surface area (TPSA) is 46.2 Å². The molecule has 4 heteroatoms. The van der Waals surface area contributed by atoms with Gasteiger partial charge in [-0.2, -0.15) is 0 Å². The number of nitrogens with one attached hydrogen (secondary N) is 2. The third-order valence-electron chi connectivity index (χ3n) is 3.86. The Hall–Kier alpha value is -1.81. The quantitative estimate of drug-likeness (QED) is 0.901. The Labute approximate surface area is 119 Å². The summed E-state index contributed by atoms with van der Waals surface area (Å²) < 4.78 is 5.32. The first kappa shape index (κ1) is 13.2. The van der Waals surface area contributed by atoms with Gasteiger partial charge in [0, 0.05) is 24.2 Å². The average Bonchev–Trinajstić information content (AvgIpc) is 2.76. The normalized spacial score (nSPS) is 19.6.